The van der Waals surface area contributed by atoms with Gasteiger partial charge in [-0.15, -0.1) is 12.4 Å². The maximum atomic E-state index is 12.9. The van der Waals surface area contributed by atoms with Gasteiger partial charge in [0.25, 0.3) is 11.8 Å². The topological polar surface area (TPSA) is 139 Å². The molecule has 0 bridgehead atoms. The maximum absolute atomic E-state index is 12.9. The first-order valence-electron chi connectivity index (χ1n) is 8.78. The number of piperidine rings is 1. The van der Waals surface area contributed by atoms with E-state index in [0.29, 0.717) is 19.4 Å². The van der Waals surface area contributed by atoms with Crippen LogP contribution >= 0.6 is 12.4 Å². The van der Waals surface area contributed by atoms with Gasteiger partial charge in [-0.25, -0.2) is 0 Å². The number of fused-ring (bicyclic) bond motifs is 1. The number of rotatable bonds is 6. The smallest absolute Gasteiger partial charge is 0.264 e. The average molecular weight is 409 g/mol. The summed E-state index contributed by atoms with van der Waals surface area (Å²) in [4.78, 5) is 61.9. The van der Waals surface area contributed by atoms with Gasteiger partial charge in [0.1, 0.15) is 6.04 Å². The van der Waals surface area contributed by atoms with Crippen molar-refractivity contribution < 1.29 is 24.0 Å². The van der Waals surface area contributed by atoms with E-state index in [-0.39, 0.29) is 54.4 Å². The van der Waals surface area contributed by atoms with Gasteiger partial charge in [0.2, 0.25) is 17.7 Å². The fraction of sp³-hybridized carbons (Fsp3) is 0.389. The number of carbonyl (C=O) groups is 5. The first-order chi connectivity index (χ1) is 12.9. The van der Waals surface area contributed by atoms with E-state index in [1.165, 1.54) is 6.07 Å². The van der Waals surface area contributed by atoms with Gasteiger partial charge in [-0.2, -0.15) is 0 Å². The van der Waals surface area contributed by atoms with Crippen LogP contribution < -0.4 is 16.4 Å². The molecule has 1 unspecified atom stereocenters. The Morgan fingerprint density at radius 3 is 2.61 bits per heavy atom. The Labute approximate surface area is 167 Å². The second-order valence-corrected chi connectivity index (χ2v) is 6.47. The van der Waals surface area contributed by atoms with Crippen molar-refractivity contribution in [2.75, 3.05) is 11.9 Å². The largest absolute Gasteiger partial charge is 0.330 e. The monoisotopic (exact) mass is 408 g/mol. The highest BCUT2D eigenvalue weighted by atomic mass is 35.5. The zero-order valence-corrected chi connectivity index (χ0v) is 15.8. The van der Waals surface area contributed by atoms with Crippen LogP contribution in [0.15, 0.2) is 18.2 Å². The molecular weight excluding hydrogens is 388 g/mol. The van der Waals surface area contributed by atoms with Gasteiger partial charge in [-0.05, 0) is 37.9 Å². The predicted molar refractivity (Wildman–Crippen MR) is 102 cm³/mol. The van der Waals surface area contributed by atoms with E-state index < -0.39 is 29.7 Å². The Morgan fingerprint density at radius 1 is 1.18 bits per heavy atom. The summed E-state index contributed by atoms with van der Waals surface area (Å²) in [7, 11) is 0. The Balaban J connectivity index is 0.00000280. The zero-order valence-electron chi connectivity index (χ0n) is 15.0. The summed E-state index contributed by atoms with van der Waals surface area (Å²) in [6.07, 6.45) is 1.71. The van der Waals surface area contributed by atoms with Crippen LogP contribution in [0.25, 0.3) is 0 Å². The van der Waals surface area contributed by atoms with Crippen molar-refractivity contribution in [1.29, 1.82) is 0 Å². The second-order valence-electron chi connectivity index (χ2n) is 6.47. The van der Waals surface area contributed by atoms with Crippen LogP contribution in [-0.2, 0) is 14.4 Å². The second kappa shape index (κ2) is 8.94. The normalized spacial score (nSPS) is 18.5. The molecule has 1 aromatic carbocycles. The number of unbranched alkanes of at least 4 members (excludes halogenated alkanes) is 1. The van der Waals surface area contributed by atoms with E-state index in [0.717, 1.165) is 4.90 Å². The van der Waals surface area contributed by atoms with Gasteiger partial charge in [-0.3, -0.25) is 34.2 Å². The van der Waals surface area contributed by atoms with Gasteiger partial charge < -0.3 is 11.1 Å². The minimum absolute atomic E-state index is 0. The van der Waals surface area contributed by atoms with Gasteiger partial charge in [0.15, 0.2) is 0 Å². The molecule has 10 heteroatoms. The van der Waals surface area contributed by atoms with Crippen molar-refractivity contribution in [3.05, 3.63) is 29.3 Å². The standard InChI is InChI=1S/C18H20N4O5.ClH/c19-9-2-1-6-13(23)20-11-5-3-4-10-15(11)18(27)22(17(10)26)12-7-8-14(24)21-16(12)25;/h3-5,12H,1-2,6-9,19H2,(H,20,23)(H,21,24,25);1H. The molecule has 0 aromatic heterocycles. The van der Waals surface area contributed by atoms with Crippen LogP contribution in [-0.4, -0.2) is 47.0 Å². The lowest BCUT2D eigenvalue weighted by molar-refractivity contribution is -0.136. The fourth-order valence-electron chi connectivity index (χ4n) is 3.26. The van der Waals surface area contributed by atoms with Crippen LogP contribution in [0, 0.1) is 0 Å². The molecule has 9 nitrogen and oxygen atoms in total. The molecule has 0 saturated carbocycles. The lowest BCUT2D eigenvalue weighted by atomic mass is 10.0. The third-order valence-electron chi connectivity index (χ3n) is 4.60. The highest BCUT2D eigenvalue weighted by Crippen LogP contribution is 2.32. The van der Waals surface area contributed by atoms with Crippen molar-refractivity contribution in [2.24, 2.45) is 5.73 Å². The van der Waals surface area contributed by atoms with Gasteiger partial charge in [0, 0.05) is 12.8 Å². The van der Waals surface area contributed by atoms with Crippen molar-refractivity contribution in [3.8, 4) is 0 Å². The quantitative estimate of drug-likeness (QED) is 0.464. The molecule has 1 atom stereocenters. The van der Waals surface area contributed by atoms with E-state index in [1.54, 1.807) is 12.1 Å². The summed E-state index contributed by atoms with van der Waals surface area (Å²) >= 11 is 0. The van der Waals surface area contributed by atoms with E-state index in [9.17, 15) is 24.0 Å². The summed E-state index contributed by atoms with van der Waals surface area (Å²) in [5.74, 6) is -2.64. The number of anilines is 1. The van der Waals surface area contributed by atoms with Crippen molar-refractivity contribution in [3.63, 3.8) is 0 Å². The number of imide groups is 2. The van der Waals surface area contributed by atoms with E-state index in [1.807, 2.05) is 0 Å². The number of benzene rings is 1. The number of hydrogen-bond acceptors (Lipinski definition) is 6. The molecule has 150 valence electrons. The summed E-state index contributed by atoms with van der Waals surface area (Å²) in [5, 5.41) is 4.81. The summed E-state index contributed by atoms with van der Waals surface area (Å²) in [6, 6.07) is 3.54. The average Bonchev–Trinajstić information content (AvgIpc) is 2.88. The SMILES string of the molecule is Cl.NCCCCC(=O)Nc1cccc2c1C(=O)N(C1CCC(=O)NC1=O)C2=O. The molecule has 2 aliphatic rings. The van der Waals surface area contributed by atoms with Crippen LogP contribution in [0.1, 0.15) is 52.8 Å². The molecule has 2 aliphatic heterocycles. The molecule has 0 spiro atoms. The number of nitrogens with one attached hydrogen (secondary N) is 2. The van der Waals surface area contributed by atoms with Gasteiger partial charge in [-0.1, -0.05) is 6.07 Å². The lowest BCUT2D eigenvalue weighted by Gasteiger charge is -2.27. The van der Waals surface area contributed by atoms with E-state index in [2.05, 4.69) is 10.6 Å². The Morgan fingerprint density at radius 2 is 1.93 bits per heavy atom. The number of halogens is 1. The molecule has 28 heavy (non-hydrogen) atoms. The van der Waals surface area contributed by atoms with Crippen LogP contribution in [0.3, 0.4) is 0 Å². The molecule has 0 radical (unpaired) electrons. The van der Waals surface area contributed by atoms with Gasteiger partial charge in [0.05, 0.1) is 16.8 Å². The van der Waals surface area contributed by atoms with E-state index in [4.69, 9.17) is 5.73 Å². The molecule has 0 aliphatic carbocycles. The minimum atomic E-state index is -1.04. The number of carbonyl (C=O) groups excluding carboxylic acids is 5. The van der Waals surface area contributed by atoms with Crippen molar-refractivity contribution in [1.82, 2.24) is 10.2 Å². The first-order valence-corrected chi connectivity index (χ1v) is 8.78. The highest BCUT2D eigenvalue weighted by Gasteiger charge is 2.45. The van der Waals surface area contributed by atoms with Crippen LogP contribution in [0.4, 0.5) is 5.69 Å². The van der Waals surface area contributed by atoms with Crippen molar-refractivity contribution in [2.45, 2.75) is 38.1 Å². The predicted octanol–water partition coefficient (Wildman–Crippen LogP) is 0.577. The van der Waals surface area contributed by atoms with Gasteiger partial charge >= 0.3 is 0 Å². The Kier molecular flexibility index (Phi) is 6.87. The molecule has 1 fully saturated rings. The summed E-state index contributed by atoms with van der Waals surface area (Å²) in [6.45, 7) is 0.488. The van der Waals surface area contributed by atoms with Crippen LogP contribution in [0.2, 0.25) is 0 Å². The Hall–Kier alpha value is -2.78. The molecule has 5 amide bonds. The fourth-order valence-corrected chi connectivity index (χ4v) is 3.26. The zero-order chi connectivity index (χ0) is 19.6. The first kappa shape index (κ1) is 21.5. The van der Waals surface area contributed by atoms with Crippen molar-refractivity contribution >= 4 is 47.6 Å². The third kappa shape index (κ3) is 4.05. The number of amides is 5. The third-order valence-corrected chi connectivity index (χ3v) is 4.60. The van der Waals surface area contributed by atoms with E-state index >= 15 is 0 Å². The summed E-state index contributed by atoms with van der Waals surface area (Å²) in [5.41, 5.74) is 5.84. The lowest BCUT2D eigenvalue weighted by Crippen LogP contribution is -2.54. The Bertz CT molecular complexity index is 841. The molecule has 1 aromatic rings. The molecule has 3 rings (SSSR count). The van der Waals surface area contributed by atoms with Crippen LogP contribution in [0.5, 0.6) is 0 Å². The molecule has 2 heterocycles. The summed E-state index contributed by atoms with van der Waals surface area (Å²) < 4.78 is 0. The molecule has 4 N–H and O–H groups in total. The number of nitrogens with two attached hydrogens (primary N) is 1. The number of hydrogen-bond donors (Lipinski definition) is 3. The highest BCUT2D eigenvalue weighted by molar-refractivity contribution is 6.26. The maximum Gasteiger partial charge on any atom is 0.264 e. The molecular formula is C18H21ClN4O5. The number of nitrogens with zero attached hydrogens (tertiary/aromatic N) is 1. The minimum Gasteiger partial charge on any atom is -0.330 e. The molecule has 1 saturated heterocycles.